The number of rotatable bonds is 4. The largest absolute Gasteiger partial charge is 0.316 e. The summed E-state index contributed by atoms with van der Waals surface area (Å²) in [6.07, 6.45) is 4.76. The highest BCUT2D eigenvalue weighted by Crippen LogP contribution is 2.24. The minimum Gasteiger partial charge on any atom is -0.316 e. The van der Waals surface area contributed by atoms with Gasteiger partial charge in [0.15, 0.2) is 0 Å². The predicted octanol–water partition coefficient (Wildman–Crippen LogP) is 3.08. The minimum absolute atomic E-state index is 0.319. The molecule has 19 heavy (non-hydrogen) atoms. The smallest absolute Gasteiger partial charge is 0.0504 e. The van der Waals surface area contributed by atoms with Gasteiger partial charge < -0.3 is 5.32 Å². The van der Waals surface area contributed by atoms with Crippen LogP contribution < -0.4 is 5.32 Å². The van der Waals surface area contributed by atoms with Gasteiger partial charge in [-0.1, -0.05) is 42.2 Å². The van der Waals surface area contributed by atoms with Crippen LogP contribution in [-0.4, -0.2) is 22.5 Å². The van der Waals surface area contributed by atoms with Crippen LogP contribution in [0.15, 0.2) is 18.2 Å². The van der Waals surface area contributed by atoms with Gasteiger partial charge >= 0.3 is 0 Å². The van der Waals surface area contributed by atoms with Crippen LogP contribution in [0.3, 0.4) is 0 Å². The molecule has 1 aliphatic carbocycles. The Morgan fingerprint density at radius 1 is 1.16 bits per heavy atom. The number of aryl methyl sites for hydroxylation is 2. The first-order chi connectivity index (χ1) is 9.10. The summed E-state index contributed by atoms with van der Waals surface area (Å²) in [4.78, 5) is 0. The van der Waals surface area contributed by atoms with E-state index in [9.17, 15) is 4.21 Å². The number of benzene rings is 1. The van der Waals surface area contributed by atoms with Crippen LogP contribution in [0.5, 0.6) is 0 Å². The van der Waals surface area contributed by atoms with Gasteiger partial charge in [-0.15, -0.1) is 0 Å². The molecule has 0 aromatic heterocycles. The van der Waals surface area contributed by atoms with E-state index in [1.54, 1.807) is 0 Å². The second kappa shape index (κ2) is 6.67. The highest BCUT2D eigenvalue weighted by atomic mass is 32.2. The highest BCUT2D eigenvalue weighted by Gasteiger charge is 2.28. The van der Waals surface area contributed by atoms with E-state index in [1.165, 1.54) is 36.0 Å². The fourth-order valence-electron chi connectivity index (χ4n) is 3.17. The van der Waals surface area contributed by atoms with Gasteiger partial charge in [0, 0.05) is 22.6 Å². The normalized spacial score (nSPS) is 25.2. The first-order valence-corrected chi connectivity index (χ1v) is 8.60. The van der Waals surface area contributed by atoms with Crippen molar-refractivity contribution in [1.82, 2.24) is 5.32 Å². The van der Waals surface area contributed by atoms with Crippen LogP contribution in [0.25, 0.3) is 0 Å². The summed E-state index contributed by atoms with van der Waals surface area (Å²) in [5.41, 5.74) is 3.75. The van der Waals surface area contributed by atoms with Crippen LogP contribution in [0.4, 0.5) is 0 Å². The summed E-state index contributed by atoms with van der Waals surface area (Å²) in [7, 11) is 1.23. The van der Waals surface area contributed by atoms with Crippen LogP contribution in [-0.2, 0) is 16.6 Å². The van der Waals surface area contributed by atoms with E-state index in [1.807, 2.05) is 7.05 Å². The van der Waals surface area contributed by atoms with E-state index in [0.29, 0.717) is 17.0 Å². The van der Waals surface area contributed by atoms with Crippen molar-refractivity contribution < 1.29 is 4.21 Å². The Labute approximate surface area is 119 Å². The first-order valence-electron chi connectivity index (χ1n) is 7.22. The lowest BCUT2D eigenvalue weighted by molar-refractivity contribution is 0.399. The molecule has 3 heteroatoms. The Bertz CT molecular complexity index is 438. The van der Waals surface area contributed by atoms with Gasteiger partial charge in [0.25, 0.3) is 0 Å². The van der Waals surface area contributed by atoms with Gasteiger partial charge in [-0.3, -0.25) is 4.21 Å². The third-order valence-corrected chi connectivity index (χ3v) is 5.86. The molecule has 2 rings (SSSR count). The van der Waals surface area contributed by atoms with E-state index in [4.69, 9.17) is 0 Å². The van der Waals surface area contributed by atoms with Gasteiger partial charge in [0.2, 0.25) is 0 Å². The van der Waals surface area contributed by atoms with Gasteiger partial charge in [0.05, 0.1) is 5.25 Å². The lowest BCUT2D eigenvalue weighted by Gasteiger charge is -2.30. The molecule has 0 amide bonds. The average Bonchev–Trinajstić information content (AvgIpc) is 2.37. The molecule has 0 spiro atoms. The molecule has 0 aliphatic heterocycles. The van der Waals surface area contributed by atoms with Crippen LogP contribution in [0.1, 0.15) is 42.4 Å². The van der Waals surface area contributed by atoms with Gasteiger partial charge in [0.1, 0.15) is 0 Å². The second-order valence-electron chi connectivity index (χ2n) is 5.74. The van der Waals surface area contributed by atoms with E-state index in [0.717, 1.165) is 6.42 Å². The molecule has 0 heterocycles. The molecule has 0 saturated heterocycles. The molecule has 1 N–H and O–H groups in total. The third-order valence-electron chi connectivity index (χ3n) is 4.00. The lowest BCUT2D eigenvalue weighted by atomic mass is 9.95. The van der Waals surface area contributed by atoms with Crippen molar-refractivity contribution in [2.75, 3.05) is 7.05 Å². The maximum absolute atomic E-state index is 12.6. The zero-order valence-corrected chi connectivity index (χ0v) is 13.1. The first kappa shape index (κ1) is 14.7. The zero-order valence-electron chi connectivity index (χ0n) is 12.2. The maximum atomic E-state index is 12.6. The average molecular weight is 279 g/mol. The fourth-order valence-corrected chi connectivity index (χ4v) is 4.94. The molecule has 0 radical (unpaired) electrons. The zero-order chi connectivity index (χ0) is 13.8. The summed E-state index contributed by atoms with van der Waals surface area (Å²) in [6.45, 7) is 4.22. The standard InChI is InChI=1S/C16H25NOS/c1-12-8-13(2)10-14(9-12)11-19(18)16-7-5-4-6-15(16)17-3/h8-10,15-17H,4-7,11H2,1-3H3. The monoisotopic (exact) mass is 279 g/mol. The summed E-state index contributed by atoms with van der Waals surface area (Å²) in [5, 5.41) is 3.67. The van der Waals surface area contributed by atoms with Gasteiger partial charge in [-0.25, -0.2) is 0 Å². The quantitative estimate of drug-likeness (QED) is 0.917. The minimum atomic E-state index is -0.766. The highest BCUT2D eigenvalue weighted by molar-refractivity contribution is 7.84. The van der Waals surface area contributed by atoms with E-state index < -0.39 is 10.8 Å². The van der Waals surface area contributed by atoms with Gasteiger partial charge in [-0.2, -0.15) is 0 Å². The molecule has 2 nitrogen and oxygen atoms in total. The van der Waals surface area contributed by atoms with E-state index in [2.05, 4.69) is 37.4 Å². The Morgan fingerprint density at radius 2 is 1.79 bits per heavy atom. The molecule has 106 valence electrons. The number of hydrogen-bond donors (Lipinski definition) is 1. The summed E-state index contributed by atoms with van der Waals surface area (Å²) < 4.78 is 12.6. The molecule has 1 aliphatic rings. The topological polar surface area (TPSA) is 29.1 Å². The van der Waals surface area contributed by atoms with Crippen molar-refractivity contribution in [3.63, 3.8) is 0 Å². The van der Waals surface area contributed by atoms with Crippen LogP contribution >= 0.6 is 0 Å². The van der Waals surface area contributed by atoms with Crippen LogP contribution in [0.2, 0.25) is 0 Å². The van der Waals surface area contributed by atoms with E-state index in [-0.39, 0.29) is 0 Å². The molecule has 1 fully saturated rings. The molecule has 0 bridgehead atoms. The summed E-state index contributed by atoms with van der Waals surface area (Å²) in [6, 6.07) is 6.94. The molecule has 1 saturated carbocycles. The predicted molar refractivity (Wildman–Crippen MR) is 82.9 cm³/mol. The van der Waals surface area contributed by atoms with Crippen molar-refractivity contribution >= 4 is 10.8 Å². The van der Waals surface area contributed by atoms with E-state index >= 15 is 0 Å². The van der Waals surface area contributed by atoms with Crippen molar-refractivity contribution in [2.24, 2.45) is 0 Å². The van der Waals surface area contributed by atoms with Gasteiger partial charge in [-0.05, 0) is 39.3 Å². The molecule has 1 aromatic rings. The van der Waals surface area contributed by atoms with Crippen molar-refractivity contribution in [3.05, 3.63) is 34.9 Å². The summed E-state index contributed by atoms with van der Waals surface area (Å²) in [5.74, 6) is 0.700. The molecule has 3 atom stereocenters. The van der Waals surface area contributed by atoms with Crippen LogP contribution in [0, 0.1) is 13.8 Å². The Balaban J connectivity index is 2.07. The molecular formula is C16H25NOS. The lowest BCUT2D eigenvalue weighted by Crippen LogP contribution is -2.42. The summed E-state index contributed by atoms with van der Waals surface area (Å²) >= 11 is 0. The molecule has 3 unspecified atom stereocenters. The van der Waals surface area contributed by atoms with Crippen molar-refractivity contribution in [2.45, 2.75) is 56.6 Å². The number of nitrogens with one attached hydrogen (secondary N) is 1. The fraction of sp³-hybridized carbons (Fsp3) is 0.625. The van der Waals surface area contributed by atoms with Crippen molar-refractivity contribution in [3.8, 4) is 0 Å². The number of hydrogen-bond acceptors (Lipinski definition) is 2. The SMILES string of the molecule is CNC1CCCCC1S(=O)Cc1cc(C)cc(C)c1. The molecule has 1 aromatic carbocycles. The van der Waals surface area contributed by atoms with Crippen molar-refractivity contribution in [1.29, 1.82) is 0 Å². The Morgan fingerprint density at radius 3 is 2.42 bits per heavy atom. The third kappa shape index (κ3) is 3.90. The Hall–Kier alpha value is -0.670. The Kier molecular flexibility index (Phi) is 5.17. The maximum Gasteiger partial charge on any atom is 0.0504 e. The second-order valence-corrected chi connectivity index (χ2v) is 7.39. The molecular weight excluding hydrogens is 254 g/mol.